The molecular weight excluding hydrogens is 182 g/mol. The van der Waals surface area contributed by atoms with E-state index in [0.29, 0.717) is 19.4 Å². The Balaban J connectivity index is 3.67. The van der Waals surface area contributed by atoms with E-state index in [2.05, 4.69) is 0 Å². The Morgan fingerprint density at radius 2 is 1.93 bits per heavy atom. The first-order chi connectivity index (χ1) is 6.74. The van der Waals surface area contributed by atoms with Crippen molar-refractivity contribution in [2.24, 2.45) is 5.84 Å². The average Bonchev–Trinajstić information content (AvgIpc) is 2.18. The van der Waals surface area contributed by atoms with Crippen LogP contribution in [0.1, 0.15) is 12.8 Å². The molecule has 1 amide bonds. The lowest BCUT2D eigenvalue weighted by atomic mass is 10.3. The predicted octanol–water partition coefficient (Wildman–Crippen LogP) is -0.894. The van der Waals surface area contributed by atoms with E-state index in [1.807, 2.05) is 17.6 Å². The van der Waals surface area contributed by atoms with Gasteiger partial charge in [0, 0.05) is 13.0 Å². The number of hydrogen-bond donors (Lipinski definition) is 2. The Labute approximate surface area is 82.9 Å². The minimum absolute atomic E-state index is 0.206. The van der Waals surface area contributed by atoms with Crippen molar-refractivity contribution in [1.29, 1.82) is 10.5 Å². The van der Waals surface area contributed by atoms with Crippen molar-refractivity contribution in [1.82, 2.24) is 10.3 Å². The topological polar surface area (TPSA) is 106 Å². The highest BCUT2D eigenvalue weighted by Crippen LogP contribution is 1.94. The van der Waals surface area contributed by atoms with Crippen molar-refractivity contribution in [2.75, 3.05) is 19.6 Å². The summed E-state index contributed by atoms with van der Waals surface area (Å²) in [5.41, 5.74) is 2.02. The molecule has 0 bridgehead atoms. The first-order valence-electron chi connectivity index (χ1n) is 4.20. The number of nitrogens with zero attached hydrogens (tertiary/aromatic N) is 3. The first kappa shape index (κ1) is 12.4. The van der Waals surface area contributed by atoms with E-state index in [4.69, 9.17) is 16.4 Å². The van der Waals surface area contributed by atoms with Crippen LogP contribution in [0.2, 0.25) is 0 Å². The van der Waals surface area contributed by atoms with E-state index >= 15 is 0 Å². The van der Waals surface area contributed by atoms with Gasteiger partial charge in [0.05, 0.1) is 25.2 Å². The minimum Gasteiger partial charge on any atom is -0.294 e. The lowest BCUT2D eigenvalue weighted by Gasteiger charge is -2.13. The molecule has 0 aliphatic rings. The smallest absolute Gasteiger partial charge is 0.233 e. The molecule has 0 heterocycles. The molecule has 6 nitrogen and oxygen atoms in total. The molecule has 0 aromatic heterocycles. The Kier molecular flexibility index (Phi) is 7.06. The molecule has 14 heavy (non-hydrogen) atoms. The maximum Gasteiger partial charge on any atom is 0.233 e. The summed E-state index contributed by atoms with van der Waals surface area (Å²) in [5, 5.41) is 16.8. The SMILES string of the molecule is N#CCN(CC#N)CCCC(=O)NN. The summed E-state index contributed by atoms with van der Waals surface area (Å²) in [6.07, 6.45) is 0.899. The van der Waals surface area contributed by atoms with Gasteiger partial charge in [-0.25, -0.2) is 5.84 Å². The van der Waals surface area contributed by atoms with E-state index in [1.54, 1.807) is 4.90 Å². The van der Waals surface area contributed by atoms with Gasteiger partial charge in [0.1, 0.15) is 0 Å². The zero-order valence-corrected chi connectivity index (χ0v) is 7.86. The van der Waals surface area contributed by atoms with E-state index in [0.717, 1.165) is 0 Å². The van der Waals surface area contributed by atoms with Crippen LogP contribution >= 0.6 is 0 Å². The molecule has 0 aromatic carbocycles. The molecule has 0 spiro atoms. The summed E-state index contributed by atoms with van der Waals surface area (Å²) in [5.74, 6) is 4.65. The third kappa shape index (κ3) is 5.95. The van der Waals surface area contributed by atoms with Crippen LogP contribution in [0.15, 0.2) is 0 Å². The normalized spacial score (nSPS) is 9.14. The van der Waals surface area contributed by atoms with E-state index in [9.17, 15) is 4.79 Å². The van der Waals surface area contributed by atoms with Gasteiger partial charge >= 0.3 is 0 Å². The quantitative estimate of drug-likeness (QED) is 0.247. The van der Waals surface area contributed by atoms with Gasteiger partial charge in [-0.05, 0) is 6.42 Å². The van der Waals surface area contributed by atoms with Crippen molar-refractivity contribution in [3.8, 4) is 12.1 Å². The van der Waals surface area contributed by atoms with Crippen molar-refractivity contribution >= 4 is 5.91 Å². The number of nitriles is 2. The number of nitrogens with two attached hydrogens (primary N) is 1. The number of amides is 1. The molecule has 6 heteroatoms. The summed E-state index contributed by atoms with van der Waals surface area (Å²) in [4.78, 5) is 12.4. The highest BCUT2D eigenvalue weighted by Gasteiger charge is 2.04. The fourth-order valence-electron chi connectivity index (χ4n) is 0.949. The number of rotatable bonds is 6. The van der Waals surface area contributed by atoms with Crippen LogP contribution in [0.3, 0.4) is 0 Å². The lowest BCUT2D eigenvalue weighted by molar-refractivity contribution is -0.121. The van der Waals surface area contributed by atoms with Crippen molar-refractivity contribution in [2.45, 2.75) is 12.8 Å². The van der Waals surface area contributed by atoms with Gasteiger partial charge in [-0.2, -0.15) is 10.5 Å². The van der Waals surface area contributed by atoms with Crippen LogP contribution in [0, 0.1) is 22.7 Å². The van der Waals surface area contributed by atoms with Crippen molar-refractivity contribution < 1.29 is 4.79 Å². The van der Waals surface area contributed by atoms with Gasteiger partial charge < -0.3 is 0 Å². The van der Waals surface area contributed by atoms with Gasteiger partial charge in [-0.3, -0.25) is 15.1 Å². The molecular formula is C8H13N5O. The third-order valence-electron chi connectivity index (χ3n) is 1.63. The van der Waals surface area contributed by atoms with Crippen LogP contribution in [-0.2, 0) is 4.79 Å². The van der Waals surface area contributed by atoms with Crippen LogP contribution < -0.4 is 11.3 Å². The zero-order valence-electron chi connectivity index (χ0n) is 7.86. The van der Waals surface area contributed by atoms with Crippen LogP contribution in [0.4, 0.5) is 0 Å². The van der Waals surface area contributed by atoms with Gasteiger partial charge in [0.2, 0.25) is 5.91 Å². The van der Waals surface area contributed by atoms with Crippen LogP contribution in [-0.4, -0.2) is 30.4 Å². The van der Waals surface area contributed by atoms with E-state index < -0.39 is 0 Å². The number of hydrazine groups is 1. The standard InChI is InChI=1S/C8H13N5O/c9-3-6-13(7-4-10)5-1-2-8(14)12-11/h1-2,5-7,11H2,(H,12,14). The number of carbonyl (C=O) groups is 1. The molecule has 0 saturated heterocycles. The molecule has 0 aliphatic heterocycles. The Morgan fingerprint density at radius 3 is 2.36 bits per heavy atom. The first-order valence-corrected chi connectivity index (χ1v) is 4.20. The second-order valence-corrected chi connectivity index (χ2v) is 2.70. The Bertz CT molecular complexity index is 235. The molecule has 0 unspecified atom stereocenters. The van der Waals surface area contributed by atoms with Crippen molar-refractivity contribution in [3.05, 3.63) is 0 Å². The Hall–Kier alpha value is -1.63. The monoisotopic (exact) mass is 195 g/mol. The highest BCUT2D eigenvalue weighted by atomic mass is 16.2. The summed E-state index contributed by atoms with van der Waals surface area (Å²) >= 11 is 0. The Morgan fingerprint density at radius 1 is 1.36 bits per heavy atom. The molecule has 0 rings (SSSR count). The lowest BCUT2D eigenvalue weighted by Crippen LogP contribution is -2.31. The molecule has 0 radical (unpaired) electrons. The second kappa shape index (κ2) is 7.99. The van der Waals surface area contributed by atoms with E-state index in [-0.39, 0.29) is 19.0 Å². The zero-order chi connectivity index (χ0) is 10.8. The number of hydrogen-bond acceptors (Lipinski definition) is 5. The van der Waals surface area contributed by atoms with Gasteiger partial charge in [-0.1, -0.05) is 0 Å². The molecule has 0 saturated carbocycles. The second-order valence-electron chi connectivity index (χ2n) is 2.70. The largest absolute Gasteiger partial charge is 0.294 e. The van der Waals surface area contributed by atoms with Crippen molar-refractivity contribution in [3.63, 3.8) is 0 Å². The summed E-state index contributed by atoms with van der Waals surface area (Å²) in [6, 6.07) is 3.91. The summed E-state index contributed by atoms with van der Waals surface area (Å²) in [7, 11) is 0. The number of nitrogens with one attached hydrogen (secondary N) is 1. The summed E-state index contributed by atoms with van der Waals surface area (Å²) < 4.78 is 0. The average molecular weight is 195 g/mol. The van der Waals surface area contributed by atoms with Gasteiger partial charge in [-0.15, -0.1) is 0 Å². The minimum atomic E-state index is -0.237. The highest BCUT2D eigenvalue weighted by molar-refractivity contribution is 5.75. The van der Waals surface area contributed by atoms with Gasteiger partial charge in [0.25, 0.3) is 0 Å². The molecule has 0 atom stereocenters. The summed E-state index contributed by atoms with van der Waals surface area (Å²) in [6.45, 7) is 0.962. The van der Waals surface area contributed by atoms with Crippen LogP contribution in [0.25, 0.3) is 0 Å². The third-order valence-corrected chi connectivity index (χ3v) is 1.63. The maximum absolute atomic E-state index is 10.7. The molecule has 76 valence electrons. The van der Waals surface area contributed by atoms with Gasteiger partial charge in [0.15, 0.2) is 0 Å². The van der Waals surface area contributed by atoms with E-state index in [1.165, 1.54) is 0 Å². The molecule has 0 aliphatic carbocycles. The number of carbonyl (C=O) groups excluding carboxylic acids is 1. The molecule has 0 aromatic rings. The fourth-order valence-corrected chi connectivity index (χ4v) is 0.949. The predicted molar refractivity (Wildman–Crippen MR) is 49.2 cm³/mol. The maximum atomic E-state index is 10.7. The molecule has 3 N–H and O–H groups in total. The molecule has 0 fully saturated rings. The fraction of sp³-hybridized carbons (Fsp3) is 0.625. The van der Waals surface area contributed by atoms with Crippen LogP contribution in [0.5, 0.6) is 0 Å².